The summed E-state index contributed by atoms with van der Waals surface area (Å²) in [6.07, 6.45) is 13.1. The van der Waals surface area contributed by atoms with Gasteiger partial charge in [-0.05, 0) is 44.6 Å². The summed E-state index contributed by atoms with van der Waals surface area (Å²) in [4.78, 5) is 0. The second-order valence-corrected chi connectivity index (χ2v) is 5.23. The van der Waals surface area contributed by atoms with Crippen molar-refractivity contribution < 1.29 is 0 Å². The maximum absolute atomic E-state index is 3.85. The smallest absolute Gasteiger partial charge is 0.0207 e. The Morgan fingerprint density at radius 3 is 2.43 bits per heavy atom. The first-order chi connectivity index (χ1) is 6.87. The molecular weight excluding hydrogens is 170 g/mol. The lowest BCUT2D eigenvalue weighted by Crippen LogP contribution is -2.54. The van der Waals surface area contributed by atoms with Crippen LogP contribution in [0.25, 0.3) is 0 Å². The molecule has 1 saturated heterocycles. The van der Waals surface area contributed by atoms with Crippen LogP contribution in [0.1, 0.15) is 64.7 Å². The van der Waals surface area contributed by atoms with E-state index in [0.29, 0.717) is 5.54 Å². The van der Waals surface area contributed by atoms with E-state index in [-0.39, 0.29) is 0 Å². The normalized spacial score (nSPS) is 35.8. The van der Waals surface area contributed by atoms with Crippen LogP contribution in [0.15, 0.2) is 0 Å². The zero-order valence-corrected chi connectivity index (χ0v) is 9.65. The predicted molar refractivity (Wildman–Crippen MR) is 61.5 cm³/mol. The molecule has 0 bridgehead atoms. The van der Waals surface area contributed by atoms with Gasteiger partial charge in [-0.3, -0.25) is 0 Å². The van der Waals surface area contributed by atoms with Crippen LogP contribution in [-0.4, -0.2) is 12.1 Å². The maximum atomic E-state index is 3.85. The van der Waals surface area contributed by atoms with Crippen molar-refractivity contribution in [3.8, 4) is 0 Å². The fourth-order valence-corrected chi connectivity index (χ4v) is 3.59. The van der Waals surface area contributed by atoms with Crippen molar-refractivity contribution in [2.24, 2.45) is 5.92 Å². The molecule has 1 aliphatic carbocycles. The summed E-state index contributed by atoms with van der Waals surface area (Å²) in [5, 5.41) is 3.85. The Bertz CT molecular complexity index is 164. The minimum atomic E-state index is 0.540. The zero-order valence-electron chi connectivity index (χ0n) is 9.65. The van der Waals surface area contributed by atoms with Gasteiger partial charge in [0, 0.05) is 5.54 Å². The summed E-state index contributed by atoms with van der Waals surface area (Å²) in [5.74, 6) is 0.988. The molecule has 14 heavy (non-hydrogen) atoms. The fourth-order valence-electron chi connectivity index (χ4n) is 3.59. The SMILES string of the molecule is CCC1(C2CCCCC2)CCCCN1. The number of nitrogens with one attached hydrogen (secondary N) is 1. The monoisotopic (exact) mass is 195 g/mol. The van der Waals surface area contributed by atoms with Crippen LogP contribution in [-0.2, 0) is 0 Å². The zero-order chi connectivity index (χ0) is 9.86. The predicted octanol–water partition coefficient (Wildman–Crippen LogP) is 3.49. The van der Waals surface area contributed by atoms with E-state index in [9.17, 15) is 0 Å². The highest BCUT2D eigenvalue weighted by molar-refractivity contribution is 4.96. The van der Waals surface area contributed by atoms with Gasteiger partial charge in [-0.1, -0.05) is 32.6 Å². The summed E-state index contributed by atoms with van der Waals surface area (Å²) < 4.78 is 0. The van der Waals surface area contributed by atoms with E-state index in [0.717, 1.165) is 5.92 Å². The van der Waals surface area contributed by atoms with Crippen molar-refractivity contribution in [3.63, 3.8) is 0 Å². The molecule has 1 aliphatic heterocycles. The molecule has 1 N–H and O–H groups in total. The fraction of sp³-hybridized carbons (Fsp3) is 1.00. The van der Waals surface area contributed by atoms with Crippen molar-refractivity contribution in [1.82, 2.24) is 5.32 Å². The van der Waals surface area contributed by atoms with Gasteiger partial charge in [0.25, 0.3) is 0 Å². The van der Waals surface area contributed by atoms with Gasteiger partial charge in [0.15, 0.2) is 0 Å². The minimum Gasteiger partial charge on any atom is -0.311 e. The third-order valence-corrected chi connectivity index (χ3v) is 4.54. The highest BCUT2D eigenvalue weighted by Crippen LogP contribution is 2.39. The van der Waals surface area contributed by atoms with E-state index in [2.05, 4.69) is 12.2 Å². The maximum Gasteiger partial charge on any atom is 0.0207 e. The summed E-state index contributed by atoms with van der Waals surface area (Å²) in [6.45, 7) is 3.65. The molecule has 1 unspecified atom stereocenters. The Morgan fingerprint density at radius 2 is 1.86 bits per heavy atom. The first-order valence-corrected chi connectivity index (χ1v) is 6.62. The molecule has 2 rings (SSSR count). The molecule has 1 heteroatoms. The van der Waals surface area contributed by atoms with E-state index < -0.39 is 0 Å². The van der Waals surface area contributed by atoms with E-state index in [1.165, 1.54) is 64.3 Å². The molecular formula is C13H25N. The van der Waals surface area contributed by atoms with Crippen molar-refractivity contribution in [2.75, 3.05) is 6.54 Å². The van der Waals surface area contributed by atoms with Gasteiger partial charge in [-0.15, -0.1) is 0 Å². The largest absolute Gasteiger partial charge is 0.311 e. The quantitative estimate of drug-likeness (QED) is 0.711. The molecule has 82 valence electrons. The second kappa shape index (κ2) is 4.65. The molecule has 0 aromatic carbocycles. The molecule has 1 nitrogen and oxygen atoms in total. The van der Waals surface area contributed by atoms with E-state index in [1.54, 1.807) is 0 Å². The molecule has 0 aromatic heterocycles. The average Bonchev–Trinajstić information content (AvgIpc) is 2.31. The van der Waals surface area contributed by atoms with Crippen LogP contribution in [0, 0.1) is 5.92 Å². The first-order valence-electron chi connectivity index (χ1n) is 6.62. The molecule has 1 saturated carbocycles. The molecule has 1 heterocycles. The summed E-state index contributed by atoms with van der Waals surface area (Å²) in [7, 11) is 0. The van der Waals surface area contributed by atoms with E-state index in [1.807, 2.05) is 0 Å². The van der Waals surface area contributed by atoms with Gasteiger partial charge < -0.3 is 5.32 Å². The van der Waals surface area contributed by atoms with Crippen LogP contribution in [0.5, 0.6) is 0 Å². The van der Waals surface area contributed by atoms with E-state index in [4.69, 9.17) is 0 Å². The third-order valence-electron chi connectivity index (χ3n) is 4.54. The molecule has 0 spiro atoms. The van der Waals surface area contributed by atoms with Gasteiger partial charge in [-0.2, -0.15) is 0 Å². The van der Waals surface area contributed by atoms with Gasteiger partial charge in [0.05, 0.1) is 0 Å². The molecule has 1 atom stereocenters. The average molecular weight is 195 g/mol. The highest BCUT2D eigenvalue weighted by Gasteiger charge is 2.37. The van der Waals surface area contributed by atoms with Crippen molar-refractivity contribution in [1.29, 1.82) is 0 Å². The van der Waals surface area contributed by atoms with Crippen molar-refractivity contribution in [2.45, 2.75) is 70.3 Å². The summed E-state index contributed by atoms with van der Waals surface area (Å²) >= 11 is 0. The minimum absolute atomic E-state index is 0.540. The van der Waals surface area contributed by atoms with Gasteiger partial charge in [-0.25, -0.2) is 0 Å². The van der Waals surface area contributed by atoms with Gasteiger partial charge >= 0.3 is 0 Å². The van der Waals surface area contributed by atoms with Gasteiger partial charge in [0.2, 0.25) is 0 Å². The van der Waals surface area contributed by atoms with E-state index >= 15 is 0 Å². The Hall–Kier alpha value is -0.0400. The Labute approximate surface area is 88.7 Å². The Kier molecular flexibility index (Phi) is 3.48. The van der Waals surface area contributed by atoms with Crippen LogP contribution in [0.4, 0.5) is 0 Å². The third kappa shape index (κ3) is 1.98. The van der Waals surface area contributed by atoms with Crippen LogP contribution in [0.2, 0.25) is 0 Å². The Balaban J connectivity index is 2.01. The number of hydrogen-bond donors (Lipinski definition) is 1. The lowest BCUT2D eigenvalue weighted by molar-refractivity contribution is 0.120. The van der Waals surface area contributed by atoms with Crippen LogP contribution in [0.3, 0.4) is 0 Å². The molecule has 2 fully saturated rings. The van der Waals surface area contributed by atoms with Crippen LogP contribution >= 0.6 is 0 Å². The highest BCUT2D eigenvalue weighted by atomic mass is 15.0. The topological polar surface area (TPSA) is 12.0 Å². The van der Waals surface area contributed by atoms with Crippen LogP contribution < -0.4 is 5.32 Å². The summed E-state index contributed by atoms with van der Waals surface area (Å²) in [5.41, 5.74) is 0.540. The molecule has 2 aliphatic rings. The number of rotatable bonds is 2. The Morgan fingerprint density at radius 1 is 1.07 bits per heavy atom. The number of hydrogen-bond acceptors (Lipinski definition) is 1. The molecule has 0 amide bonds. The van der Waals surface area contributed by atoms with Crippen molar-refractivity contribution in [3.05, 3.63) is 0 Å². The summed E-state index contributed by atoms with van der Waals surface area (Å²) in [6, 6.07) is 0. The number of piperidine rings is 1. The lowest BCUT2D eigenvalue weighted by atomic mass is 9.69. The molecule has 0 aromatic rings. The first kappa shape index (κ1) is 10.5. The molecule has 0 radical (unpaired) electrons. The lowest BCUT2D eigenvalue weighted by Gasteiger charge is -2.46. The standard InChI is InChI=1S/C13H25N/c1-2-13(10-6-7-11-14-13)12-8-4-3-5-9-12/h12,14H,2-11H2,1H3. The van der Waals surface area contributed by atoms with Crippen molar-refractivity contribution >= 4 is 0 Å². The second-order valence-electron chi connectivity index (χ2n) is 5.23. The van der Waals surface area contributed by atoms with Gasteiger partial charge in [0.1, 0.15) is 0 Å².